The average Bonchev–Trinajstić information content (AvgIpc) is 2.91. The Morgan fingerprint density at radius 2 is 2.16 bits per heavy atom. The molecule has 0 aliphatic carbocycles. The lowest BCUT2D eigenvalue weighted by molar-refractivity contribution is 0.707. The number of rotatable bonds is 7. The molecule has 0 atom stereocenters. The summed E-state index contributed by atoms with van der Waals surface area (Å²) in [7, 11) is 0. The molecule has 0 aromatic carbocycles. The molecule has 0 fully saturated rings. The first kappa shape index (κ1) is 13.3. The van der Waals surface area contributed by atoms with Gasteiger partial charge in [0.15, 0.2) is 5.82 Å². The smallest absolute Gasteiger partial charge is 0.224 e. The molecule has 0 radical (unpaired) electrons. The Morgan fingerprint density at radius 1 is 1.26 bits per heavy atom. The van der Waals surface area contributed by atoms with Gasteiger partial charge in [-0.1, -0.05) is 6.92 Å². The molecular formula is C12H19N7. The van der Waals surface area contributed by atoms with E-state index in [9.17, 15) is 0 Å². The van der Waals surface area contributed by atoms with Crippen LogP contribution in [0.5, 0.6) is 0 Å². The Hall–Kier alpha value is -2.18. The molecule has 2 aromatic heterocycles. The second-order valence-electron chi connectivity index (χ2n) is 4.08. The Balaban J connectivity index is 1.95. The lowest BCUT2D eigenvalue weighted by atomic mass is 10.5. The summed E-state index contributed by atoms with van der Waals surface area (Å²) in [5.74, 6) is 2.31. The van der Waals surface area contributed by atoms with Gasteiger partial charge in [0.05, 0.1) is 6.54 Å². The van der Waals surface area contributed by atoms with Crippen LogP contribution < -0.4 is 10.6 Å². The fourth-order valence-electron chi connectivity index (χ4n) is 1.63. The van der Waals surface area contributed by atoms with Crippen LogP contribution in [0.15, 0.2) is 18.6 Å². The maximum atomic E-state index is 4.37. The largest absolute Gasteiger partial charge is 0.363 e. The fraction of sp³-hybridized carbons (Fsp3) is 0.500. The highest BCUT2D eigenvalue weighted by molar-refractivity contribution is 5.39. The van der Waals surface area contributed by atoms with Gasteiger partial charge in [-0.15, -0.1) is 10.2 Å². The Labute approximate surface area is 112 Å². The summed E-state index contributed by atoms with van der Waals surface area (Å²) in [5, 5.41) is 14.3. The van der Waals surface area contributed by atoms with Gasteiger partial charge in [-0.3, -0.25) is 0 Å². The van der Waals surface area contributed by atoms with Crippen molar-refractivity contribution in [3.8, 4) is 0 Å². The molecule has 102 valence electrons. The standard InChI is InChI=1S/C12H19N7/c1-3-6-13-12-14-7-5-10(17-12)15-8-11-18-16-9-19(11)4-2/h5,7,9H,3-4,6,8H2,1-2H3,(H2,13,14,15,17). The summed E-state index contributed by atoms with van der Waals surface area (Å²) in [6.07, 6.45) is 4.50. The summed E-state index contributed by atoms with van der Waals surface area (Å²) in [5.41, 5.74) is 0. The van der Waals surface area contributed by atoms with Crippen LogP contribution in [-0.2, 0) is 13.1 Å². The van der Waals surface area contributed by atoms with Crippen molar-refractivity contribution >= 4 is 11.8 Å². The molecule has 0 saturated carbocycles. The minimum absolute atomic E-state index is 0.595. The number of anilines is 2. The maximum Gasteiger partial charge on any atom is 0.224 e. The SMILES string of the molecule is CCCNc1nccc(NCc2nncn2CC)n1. The number of nitrogens with zero attached hydrogens (tertiary/aromatic N) is 5. The molecule has 0 unspecified atom stereocenters. The molecule has 0 aliphatic heterocycles. The van der Waals surface area contributed by atoms with E-state index in [-0.39, 0.29) is 0 Å². The minimum Gasteiger partial charge on any atom is -0.363 e. The first-order chi connectivity index (χ1) is 9.33. The molecule has 19 heavy (non-hydrogen) atoms. The number of nitrogens with one attached hydrogen (secondary N) is 2. The lowest BCUT2D eigenvalue weighted by Gasteiger charge is -2.08. The third kappa shape index (κ3) is 3.64. The Kier molecular flexibility index (Phi) is 4.66. The van der Waals surface area contributed by atoms with E-state index in [1.54, 1.807) is 12.5 Å². The molecule has 7 heteroatoms. The molecule has 0 amide bonds. The Morgan fingerprint density at radius 3 is 2.95 bits per heavy atom. The van der Waals surface area contributed by atoms with E-state index < -0.39 is 0 Å². The molecular weight excluding hydrogens is 242 g/mol. The van der Waals surface area contributed by atoms with Crippen LogP contribution >= 0.6 is 0 Å². The molecule has 2 aromatic rings. The van der Waals surface area contributed by atoms with Crippen molar-refractivity contribution in [2.24, 2.45) is 0 Å². The quantitative estimate of drug-likeness (QED) is 0.786. The third-order valence-corrected chi connectivity index (χ3v) is 2.65. The lowest BCUT2D eigenvalue weighted by Crippen LogP contribution is -2.10. The highest BCUT2D eigenvalue weighted by Gasteiger charge is 2.03. The first-order valence-corrected chi connectivity index (χ1v) is 6.51. The van der Waals surface area contributed by atoms with Crippen LogP contribution in [0.3, 0.4) is 0 Å². The summed E-state index contributed by atoms with van der Waals surface area (Å²) < 4.78 is 1.99. The predicted octanol–water partition coefficient (Wildman–Crippen LogP) is 1.52. The highest BCUT2D eigenvalue weighted by atomic mass is 15.3. The van der Waals surface area contributed by atoms with Gasteiger partial charge in [0.25, 0.3) is 0 Å². The Bertz CT molecular complexity index is 508. The monoisotopic (exact) mass is 261 g/mol. The number of hydrogen-bond acceptors (Lipinski definition) is 6. The second kappa shape index (κ2) is 6.67. The van der Waals surface area contributed by atoms with Crippen molar-refractivity contribution in [3.63, 3.8) is 0 Å². The number of aromatic nitrogens is 5. The van der Waals surface area contributed by atoms with Crippen molar-refractivity contribution in [1.82, 2.24) is 24.7 Å². The molecule has 7 nitrogen and oxygen atoms in total. The molecule has 0 aliphatic rings. The van der Waals surface area contributed by atoms with Gasteiger partial charge in [0, 0.05) is 19.3 Å². The van der Waals surface area contributed by atoms with Crippen LogP contribution in [0.4, 0.5) is 11.8 Å². The minimum atomic E-state index is 0.595. The van der Waals surface area contributed by atoms with E-state index in [0.29, 0.717) is 12.5 Å². The normalized spacial score (nSPS) is 10.4. The molecule has 0 bridgehead atoms. The number of hydrogen-bond donors (Lipinski definition) is 2. The van der Waals surface area contributed by atoms with Crippen LogP contribution in [0.2, 0.25) is 0 Å². The molecule has 2 N–H and O–H groups in total. The molecule has 2 rings (SSSR count). The zero-order valence-corrected chi connectivity index (χ0v) is 11.3. The van der Waals surface area contributed by atoms with Gasteiger partial charge in [-0.05, 0) is 19.4 Å². The van der Waals surface area contributed by atoms with Gasteiger partial charge in [0.1, 0.15) is 12.1 Å². The zero-order valence-electron chi connectivity index (χ0n) is 11.3. The summed E-state index contributed by atoms with van der Waals surface area (Å²) in [6.45, 7) is 6.49. The molecule has 2 heterocycles. The van der Waals surface area contributed by atoms with E-state index in [0.717, 1.165) is 31.2 Å². The fourth-order valence-corrected chi connectivity index (χ4v) is 1.63. The summed E-state index contributed by atoms with van der Waals surface area (Å²) in [6, 6.07) is 1.84. The van der Waals surface area contributed by atoms with Gasteiger partial charge in [-0.2, -0.15) is 4.98 Å². The van der Waals surface area contributed by atoms with Gasteiger partial charge in [-0.25, -0.2) is 4.98 Å². The number of aryl methyl sites for hydroxylation is 1. The average molecular weight is 261 g/mol. The van der Waals surface area contributed by atoms with Crippen molar-refractivity contribution in [3.05, 3.63) is 24.4 Å². The van der Waals surface area contributed by atoms with Crippen molar-refractivity contribution in [2.75, 3.05) is 17.2 Å². The maximum absolute atomic E-state index is 4.37. The van der Waals surface area contributed by atoms with E-state index in [2.05, 4.69) is 44.6 Å². The zero-order chi connectivity index (χ0) is 13.5. The van der Waals surface area contributed by atoms with E-state index >= 15 is 0 Å². The topological polar surface area (TPSA) is 80.5 Å². The predicted molar refractivity (Wildman–Crippen MR) is 73.8 cm³/mol. The van der Waals surface area contributed by atoms with Crippen molar-refractivity contribution in [1.29, 1.82) is 0 Å². The van der Waals surface area contributed by atoms with E-state index in [1.165, 1.54) is 0 Å². The van der Waals surface area contributed by atoms with Crippen molar-refractivity contribution in [2.45, 2.75) is 33.4 Å². The van der Waals surface area contributed by atoms with Crippen LogP contribution in [-0.4, -0.2) is 31.3 Å². The summed E-state index contributed by atoms with van der Waals surface area (Å²) >= 11 is 0. The van der Waals surface area contributed by atoms with Crippen LogP contribution in [0.1, 0.15) is 26.1 Å². The molecule has 0 saturated heterocycles. The van der Waals surface area contributed by atoms with Crippen molar-refractivity contribution < 1.29 is 0 Å². The highest BCUT2D eigenvalue weighted by Crippen LogP contribution is 2.07. The van der Waals surface area contributed by atoms with Gasteiger partial charge in [0.2, 0.25) is 5.95 Å². The molecule has 0 spiro atoms. The van der Waals surface area contributed by atoms with Gasteiger partial charge < -0.3 is 15.2 Å². The third-order valence-electron chi connectivity index (χ3n) is 2.65. The first-order valence-electron chi connectivity index (χ1n) is 6.51. The van der Waals surface area contributed by atoms with E-state index in [4.69, 9.17) is 0 Å². The summed E-state index contributed by atoms with van der Waals surface area (Å²) in [4.78, 5) is 8.53. The van der Waals surface area contributed by atoms with Crippen LogP contribution in [0.25, 0.3) is 0 Å². The van der Waals surface area contributed by atoms with E-state index in [1.807, 2.05) is 10.6 Å². The second-order valence-corrected chi connectivity index (χ2v) is 4.08. The van der Waals surface area contributed by atoms with Crippen LogP contribution in [0, 0.1) is 0 Å². The van der Waals surface area contributed by atoms with Gasteiger partial charge >= 0.3 is 0 Å².